The summed E-state index contributed by atoms with van der Waals surface area (Å²) < 4.78 is 14.0. The number of aliphatic carboxylic acids is 1. The van der Waals surface area contributed by atoms with Crippen LogP contribution in [0, 0.1) is 6.92 Å². The maximum Gasteiger partial charge on any atom is 0.303 e. The first-order chi connectivity index (χ1) is 21.4. The summed E-state index contributed by atoms with van der Waals surface area (Å²) in [6.07, 6.45) is 0.306. The van der Waals surface area contributed by atoms with E-state index in [9.17, 15) is 14.7 Å². The molecular formula is C33H35N3O6S2. The van der Waals surface area contributed by atoms with Gasteiger partial charge in [0.2, 0.25) is 5.91 Å². The Kier molecular flexibility index (Phi) is 11.1. The largest absolute Gasteiger partial charge is 0.481 e. The fraction of sp³-hybridized carbons (Fsp3) is 0.333. The minimum atomic E-state index is -0.901. The fourth-order valence-corrected chi connectivity index (χ4v) is 6.80. The minimum Gasteiger partial charge on any atom is -0.481 e. The van der Waals surface area contributed by atoms with Gasteiger partial charge >= 0.3 is 5.97 Å². The first-order valence-corrected chi connectivity index (χ1v) is 16.3. The van der Waals surface area contributed by atoms with Gasteiger partial charge in [-0.15, -0.1) is 10.2 Å². The van der Waals surface area contributed by atoms with Gasteiger partial charge in [-0.3, -0.25) is 9.59 Å². The molecule has 1 amide bonds. The zero-order valence-corrected chi connectivity index (χ0v) is 26.0. The van der Waals surface area contributed by atoms with E-state index in [0.29, 0.717) is 25.1 Å². The molecule has 1 aromatic heterocycles. The highest BCUT2D eigenvalue weighted by molar-refractivity contribution is 8.01. The lowest BCUT2D eigenvalue weighted by Gasteiger charge is -2.36. The molecule has 0 unspecified atom stereocenters. The van der Waals surface area contributed by atoms with Crippen LogP contribution < -0.4 is 5.32 Å². The molecule has 3 aromatic carbocycles. The molecule has 1 aliphatic heterocycles. The third kappa shape index (κ3) is 8.96. The van der Waals surface area contributed by atoms with E-state index < -0.39 is 12.3 Å². The van der Waals surface area contributed by atoms with Gasteiger partial charge in [-0.25, -0.2) is 0 Å². The number of benzene rings is 3. The van der Waals surface area contributed by atoms with E-state index in [4.69, 9.17) is 14.6 Å². The van der Waals surface area contributed by atoms with Crippen molar-refractivity contribution in [2.45, 2.75) is 68.6 Å². The number of rotatable bonds is 13. The number of aliphatic hydroxyl groups is 1. The van der Waals surface area contributed by atoms with Crippen molar-refractivity contribution in [3.8, 4) is 11.1 Å². The monoisotopic (exact) mass is 633 g/mol. The van der Waals surface area contributed by atoms with Crippen molar-refractivity contribution in [3.05, 3.63) is 100 Å². The number of amides is 1. The Morgan fingerprint density at radius 1 is 0.955 bits per heavy atom. The van der Waals surface area contributed by atoms with Crippen LogP contribution in [0.15, 0.2) is 77.1 Å². The lowest BCUT2D eigenvalue weighted by Crippen LogP contribution is -2.31. The quantitative estimate of drug-likeness (QED) is 0.147. The molecule has 4 aromatic rings. The van der Waals surface area contributed by atoms with E-state index in [1.807, 2.05) is 73.7 Å². The smallest absolute Gasteiger partial charge is 0.303 e. The third-order valence-corrected chi connectivity index (χ3v) is 9.32. The van der Waals surface area contributed by atoms with E-state index >= 15 is 0 Å². The van der Waals surface area contributed by atoms with Crippen molar-refractivity contribution in [2.24, 2.45) is 0 Å². The Morgan fingerprint density at radius 3 is 2.45 bits per heavy atom. The van der Waals surface area contributed by atoms with Crippen molar-refractivity contribution in [2.75, 3.05) is 5.75 Å². The average Bonchev–Trinajstić information content (AvgIpc) is 3.47. The molecular weight excluding hydrogens is 599 g/mol. The lowest BCUT2D eigenvalue weighted by molar-refractivity contribution is -0.245. The number of carboxylic acid groups (broad SMARTS) is 1. The molecule has 0 radical (unpaired) electrons. The standard InChI is InChI=1S/C33H35N3O6S2/c1-21-35-36-33(44-21)43-20-28-17-29(24-13-11-22(19-37)12-14-24)42-32(41-28)27-8-3-7-26(16-27)25-6-2-5-23(15-25)18-34-30(38)9-4-10-31(39)40/h2-3,5-8,11-16,28-29,32,37H,4,9-10,17-20H2,1H3,(H,34,38)(H,39,40)/t28-,29+,32+/m0/s1. The first-order valence-electron chi connectivity index (χ1n) is 14.5. The Hall–Kier alpha value is -3.61. The van der Waals surface area contributed by atoms with Crippen molar-refractivity contribution < 1.29 is 29.3 Å². The molecule has 0 bridgehead atoms. The SMILES string of the molecule is Cc1nnc(SC[C@@H]2C[C@H](c3ccc(CO)cc3)O[C@H](c3cccc(-c4cccc(CNC(=O)CCCC(=O)O)c4)c3)O2)s1. The lowest BCUT2D eigenvalue weighted by atomic mass is 9.99. The van der Waals surface area contributed by atoms with Gasteiger partial charge in [0.15, 0.2) is 10.6 Å². The summed E-state index contributed by atoms with van der Waals surface area (Å²) in [5.74, 6) is -0.356. The zero-order valence-electron chi connectivity index (χ0n) is 24.3. The number of aryl methyl sites for hydroxylation is 1. The molecule has 9 nitrogen and oxygen atoms in total. The molecule has 3 atom stereocenters. The van der Waals surface area contributed by atoms with Crippen LogP contribution in [-0.4, -0.2) is 44.1 Å². The molecule has 5 rings (SSSR count). The predicted molar refractivity (Wildman–Crippen MR) is 169 cm³/mol. The van der Waals surface area contributed by atoms with Crippen LogP contribution in [0.4, 0.5) is 0 Å². The summed E-state index contributed by atoms with van der Waals surface area (Å²) in [7, 11) is 0. The fourth-order valence-electron chi connectivity index (χ4n) is 4.94. The number of carboxylic acids is 1. The van der Waals surface area contributed by atoms with Gasteiger partial charge in [-0.1, -0.05) is 83.8 Å². The van der Waals surface area contributed by atoms with E-state index in [1.54, 1.807) is 23.1 Å². The van der Waals surface area contributed by atoms with E-state index in [1.165, 1.54) is 0 Å². The molecule has 0 aliphatic carbocycles. The molecule has 1 aliphatic rings. The molecule has 0 spiro atoms. The topological polar surface area (TPSA) is 131 Å². The molecule has 44 heavy (non-hydrogen) atoms. The van der Waals surface area contributed by atoms with Gasteiger partial charge in [0.1, 0.15) is 5.01 Å². The maximum absolute atomic E-state index is 12.1. The second kappa shape index (κ2) is 15.4. The summed E-state index contributed by atoms with van der Waals surface area (Å²) in [4.78, 5) is 22.8. The van der Waals surface area contributed by atoms with Gasteiger partial charge in [0, 0.05) is 37.1 Å². The molecule has 1 fully saturated rings. The van der Waals surface area contributed by atoms with Crippen LogP contribution in [0.5, 0.6) is 0 Å². The summed E-state index contributed by atoms with van der Waals surface area (Å²) in [6.45, 7) is 2.29. The number of carbonyl (C=O) groups excluding carboxylic acids is 1. The molecule has 3 N–H and O–H groups in total. The van der Waals surface area contributed by atoms with Gasteiger partial charge in [0.05, 0.1) is 18.8 Å². The minimum absolute atomic E-state index is 0.00870. The zero-order chi connectivity index (χ0) is 30.9. The number of nitrogens with one attached hydrogen (secondary N) is 1. The number of hydrogen-bond acceptors (Lipinski definition) is 9. The second-order valence-electron chi connectivity index (χ2n) is 10.6. The number of aliphatic hydroxyl groups excluding tert-OH is 1. The normalized spacial score (nSPS) is 18.2. The van der Waals surface area contributed by atoms with Crippen LogP contribution >= 0.6 is 23.1 Å². The number of thioether (sulfide) groups is 1. The highest BCUT2D eigenvalue weighted by Crippen LogP contribution is 2.40. The van der Waals surface area contributed by atoms with Gasteiger partial charge in [-0.05, 0) is 53.3 Å². The van der Waals surface area contributed by atoms with Crippen molar-refractivity contribution >= 4 is 35.0 Å². The molecule has 0 saturated carbocycles. The number of carbonyl (C=O) groups is 2. The van der Waals surface area contributed by atoms with Crippen LogP contribution in [0.2, 0.25) is 0 Å². The van der Waals surface area contributed by atoms with Gasteiger partial charge in [-0.2, -0.15) is 0 Å². The van der Waals surface area contributed by atoms with E-state index in [-0.39, 0.29) is 37.6 Å². The highest BCUT2D eigenvalue weighted by Gasteiger charge is 2.32. The van der Waals surface area contributed by atoms with Gasteiger partial charge in [0.25, 0.3) is 0 Å². The summed E-state index contributed by atoms with van der Waals surface area (Å²) in [5, 5.41) is 30.4. The number of nitrogens with zero attached hydrogens (tertiary/aromatic N) is 2. The molecule has 2 heterocycles. The highest BCUT2D eigenvalue weighted by atomic mass is 32.2. The Morgan fingerprint density at radius 2 is 1.73 bits per heavy atom. The first kappa shape index (κ1) is 31.8. The Balaban J connectivity index is 1.30. The number of hydrogen-bond donors (Lipinski definition) is 3. The van der Waals surface area contributed by atoms with Crippen LogP contribution in [0.3, 0.4) is 0 Å². The van der Waals surface area contributed by atoms with E-state index in [0.717, 1.165) is 42.7 Å². The van der Waals surface area contributed by atoms with Crippen LogP contribution in [0.25, 0.3) is 11.1 Å². The number of aromatic nitrogens is 2. The van der Waals surface area contributed by atoms with E-state index in [2.05, 4.69) is 21.6 Å². The van der Waals surface area contributed by atoms with Crippen molar-refractivity contribution in [3.63, 3.8) is 0 Å². The van der Waals surface area contributed by atoms with Crippen molar-refractivity contribution in [1.29, 1.82) is 0 Å². The molecule has 1 saturated heterocycles. The molecule has 11 heteroatoms. The number of ether oxygens (including phenoxy) is 2. The van der Waals surface area contributed by atoms with Crippen LogP contribution in [-0.2, 0) is 32.2 Å². The maximum atomic E-state index is 12.1. The summed E-state index contributed by atoms with van der Waals surface area (Å²) >= 11 is 3.21. The Labute approximate surface area is 264 Å². The van der Waals surface area contributed by atoms with Gasteiger partial charge < -0.3 is 25.0 Å². The Bertz CT molecular complexity index is 1560. The van der Waals surface area contributed by atoms with Crippen LogP contribution in [0.1, 0.15) is 65.3 Å². The second-order valence-corrected chi connectivity index (χ2v) is 13.0. The average molecular weight is 634 g/mol. The predicted octanol–water partition coefficient (Wildman–Crippen LogP) is 6.21. The summed E-state index contributed by atoms with van der Waals surface area (Å²) in [6, 6.07) is 23.9. The summed E-state index contributed by atoms with van der Waals surface area (Å²) in [5.41, 5.74) is 5.72. The third-order valence-electron chi connectivity index (χ3n) is 7.22. The molecule has 230 valence electrons. The van der Waals surface area contributed by atoms with Crippen molar-refractivity contribution in [1.82, 2.24) is 15.5 Å².